The molecule has 1 heterocycles. The first-order chi connectivity index (χ1) is 9.85. The zero-order chi connectivity index (χ0) is 15.5. The van der Waals surface area contributed by atoms with Crippen LogP contribution in [0.1, 0.15) is 12.0 Å². The van der Waals surface area contributed by atoms with E-state index in [1.54, 1.807) is 24.3 Å². The van der Waals surface area contributed by atoms with Crippen molar-refractivity contribution in [3.63, 3.8) is 0 Å². The van der Waals surface area contributed by atoms with Gasteiger partial charge in [-0.25, -0.2) is 22.7 Å². The first-order valence-electron chi connectivity index (χ1n) is 6.47. The Kier molecular flexibility index (Phi) is 4.79. The molecule has 1 aromatic carbocycles. The predicted molar refractivity (Wildman–Crippen MR) is 74.6 cm³/mol. The Morgan fingerprint density at radius 2 is 2.05 bits per heavy atom. The van der Waals surface area contributed by atoms with E-state index < -0.39 is 34.1 Å². The molecule has 2 atom stereocenters. The van der Waals surface area contributed by atoms with Gasteiger partial charge in [-0.2, -0.15) is 0 Å². The molecule has 1 saturated heterocycles. The van der Waals surface area contributed by atoms with Gasteiger partial charge in [-0.1, -0.05) is 30.3 Å². The van der Waals surface area contributed by atoms with E-state index in [9.17, 15) is 17.6 Å². The SMILES string of the molecule is NS(=O)(=O)C[C@@H]1C[C@H](F)CN1C(=O)OCc1ccccc1. The second-order valence-corrected chi connectivity index (χ2v) is 6.67. The van der Waals surface area contributed by atoms with E-state index in [-0.39, 0.29) is 19.6 Å². The number of nitrogens with two attached hydrogens (primary N) is 1. The Hall–Kier alpha value is -1.67. The highest BCUT2D eigenvalue weighted by molar-refractivity contribution is 7.89. The smallest absolute Gasteiger partial charge is 0.410 e. The molecule has 0 unspecified atom stereocenters. The van der Waals surface area contributed by atoms with E-state index in [2.05, 4.69) is 0 Å². The third-order valence-corrected chi connectivity index (χ3v) is 4.08. The summed E-state index contributed by atoms with van der Waals surface area (Å²) in [5.41, 5.74) is 0.796. The van der Waals surface area contributed by atoms with Crippen molar-refractivity contribution in [1.29, 1.82) is 0 Å². The van der Waals surface area contributed by atoms with Gasteiger partial charge in [-0.15, -0.1) is 0 Å². The first-order valence-corrected chi connectivity index (χ1v) is 8.18. The monoisotopic (exact) mass is 316 g/mol. The summed E-state index contributed by atoms with van der Waals surface area (Å²) in [6.07, 6.45) is -2.04. The van der Waals surface area contributed by atoms with Crippen LogP contribution in [0.3, 0.4) is 0 Å². The van der Waals surface area contributed by atoms with Crippen LogP contribution in [0.5, 0.6) is 0 Å². The molecule has 1 amide bonds. The van der Waals surface area contributed by atoms with E-state index in [0.29, 0.717) is 0 Å². The summed E-state index contributed by atoms with van der Waals surface area (Å²) in [5.74, 6) is -0.464. The molecule has 1 aromatic rings. The van der Waals surface area contributed by atoms with Crippen molar-refractivity contribution in [2.45, 2.75) is 25.2 Å². The Bertz CT molecular complexity index is 593. The third kappa shape index (κ3) is 4.68. The Morgan fingerprint density at radius 3 is 2.67 bits per heavy atom. The molecule has 1 aliphatic heterocycles. The van der Waals surface area contributed by atoms with Crippen molar-refractivity contribution >= 4 is 16.1 Å². The van der Waals surface area contributed by atoms with Crippen LogP contribution in [0.15, 0.2) is 30.3 Å². The standard InChI is InChI=1S/C13H17FN2O4S/c14-11-6-12(9-21(15,18)19)16(7-11)13(17)20-8-10-4-2-1-3-5-10/h1-5,11-12H,6-9H2,(H2,15,18,19)/t11-,12-/m0/s1. The van der Waals surface area contributed by atoms with Gasteiger partial charge in [0.25, 0.3) is 0 Å². The number of amides is 1. The summed E-state index contributed by atoms with van der Waals surface area (Å²) < 4.78 is 40.8. The number of benzene rings is 1. The zero-order valence-corrected chi connectivity index (χ0v) is 12.1. The summed E-state index contributed by atoms with van der Waals surface area (Å²) in [6, 6.07) is 8.24. The molecule has 0 aromatic heterocycles. The topological polar surface area (TPSA) is 89.7 Å². The maximum atomic E-state index is 13.4. The fourth-order valence-electron chi connectivity index (χ4n) is 2.31. The van der Waals surface area contributed by atoms with Crippen molar-refractivity contribution < 1.29 is 22.3 Å². The molecule has 0 spiro atoms. The van der Waals surface area contributed by atoms with Crippen LogP contribution in [0.4, 0.5) is 9.18 Å². The Balaban J connectivity index is 1.96. The molecule has 0 bridgehead atoms. The maximum Gasteiger partial charge on any atom is 0.410 e. The normalized spacial score (nSPS) is 22.3. The number of alkyl halides is 1. The van der Waals surface area contributed by atoms with Crippen LogP contribution in [0, 0.1) is 0 Å². The molecule has 116 valence electrons. The van der Waals surface area contributed by atoms with E-state index in [1.807, 2.05) is 6.07 Å². The number of sulfonamides is 1. The number of ether oxygens (including phenoxy) is 1. The highest BCUT2D eigenvalue weighted by Crippen LogP contribution is 2.22. The molecule has 1 aliphatic rings. The third-order valence-electron chi connectivity index (χ3n) is 3.23. The van der Waals surface area contributed by atoms with E-state index in [1.165, 1.54) is 0 Å². The number of nitrogens with zero attached hydrogens (tertiary/aromatic N) is 1. The summed E-state index contributed by atoms with van der Waals surface area (Å²) in [5, 5.41) is 4.96. The minimum Gasteiger partial charge on any atom is -0.445 e. The average molecular weight is 316 g/mol. The Morgan fingerprint density at radius 1 is 1.38 bits per heavy atom. The highest BCUT2D eigenvalue weighted by Gasteiger charge is 2.38. The van der Waals surface area contributed by atoms with Crippen LogP contribution in [-0.4, -0.2) is 43.9 Å². The van der Waals surface area contributed by atoms with Crippen molar-refractivity contribution in [3.05, 3.63) is 35.9 Å². The Labute approximate surface area is 122 Å². The predicted octanol–water partition coefficient (Wildman–Crippen LogP) is 1.02. The minimum atomic E-state index is -3.78. The summed E-state index contributed by atoms with van der Waals surface area (Å²) in [7, 11) is -3.78. The lowest BCUT2D eigenvalue weighted by Crippen LogP contribution is -2.41. The summed E-state index contributed by atoms with van der Waals surface area (Å²) >= 11 is 0. The van der Waals surface area contributed by atoms with Gasteiger partial charge in [0.1, 0.15) is 12.8 Å². The van der Waals surface area contributed by atoms with Crippen LogP contribution < -0.4 is 5.14 Å². The number of carbonyl (C=O) groups excluding carboxylic acids is 1. The molecule has 0 saturated carbocycles. The lowest BCUT2D eigenvalue weighted by atomic mass is 10.2. The van der Waals surface area contributed by atoms with E-state index in [0.717, 1.165) is 10.5 Å². The fraction of sp³-hybridized carbons (Fsp3) is 0.462. The lowest BCUT2D eigenvalue weighted by molar-refractivity contribution is 0.0931. The molecular weight excluding hydrogens is 299 g/mol. The quantitative estimate of drug-likeness (QED) is 0.898. The van der Waals surface area contributed by atoms with E-state index in [4.69, 9.17) is 9.88 Å². The number of hydrogen-bond acceptors (Lipinski definition) is 4. The average Bonchev–Trinajstić information content (AvgIpc) is 2.76. The van der Waals surface area contributed by atoms with Crippen molar-refractivity contribution in [2.75, 3.05) is 12.3 Å². The van der Waals surface area contributed by atoms with Gasteiger partial charge in [0.15, 0.2) is 0 Å². The second kappa shape index (κ2) is 6.40. The van der Waals surface area contributed by atoms with Crippen molar-refractivity contribution in [1.82, 2.24) is 4.90 Å². The molecular formula is C13H17FN2O4S. The summed E-state index contributed by atoms with van der Waals surface area (Å²) in [6.45, 7) is -0.122. The van der Waals surface area contributed by atoms with E-state index >= 15 is 0 Å². The summed E-state index contributed by atoms with van der Waals surface area (Å²) in [4.78, 5) is 13.1. The minimum absolute atomic E-state index is 0.0448. The van der Waals surface area contributed by atoms with Crippen molar-refractivity contribution in [2.24, 2.45) is 5.14 Å². The molecule has 8 heteroatoms. The molecule has 6 nitrogen and oxygen atoms in total. The fourth-order valence-corrected chi connectivity index (χ4v) is 3.16. The van der Waals surface area contributed by atoms with Gasteiger partial charge in [0, 0.05) is 6.42 Å². The molecule has 2 rings (SSSR count). The number of hydrogen-bond donors (Lipinski definition) is 1. The molecule has 2 N–H and O–H groups in total. The first kappa shape index (κ1) is 15.7. The maximum absolute atomic E-state index is 13.4. The molecule has 21 heavy (non-hydrogen) atoms. The lowest BCUT2D eigenvalue weighted by Gasteiger charge is -2.22. The van der Waals surface area contributed by atoms with Crippen LogP contribution >= 0.6 is 0 Å². The second-order valence-electron chi connectivity index (χ2n) is 5.01. The number of carbonyl (C=O) groups is 1. The zero-order valence-electron chi connectivity index (χ0n) is 11.3. The highest BCUT2D eigenvalue weighted by atomic mass is 32.2. The van der Waals surface area contributed by atoms with Gasteiger partial charge in [0.2, 0.25) is 10.0 Å². The van der Waals surface area contributed by atoms with Gasteiger partial charge in [-0.05, 0) is 5.56 Å². The number of likely N-dealkylation sites (tertiary alicyclic amines) is 1. The van der Waals surface area contributed by atoms with Crippen LogP contribution in [0.25, 0.3) is 0 Å². The van der Waals surface area contributed by atoms with Gasteiger partial charge < -0.3 is 9.64 Å². The van der Waals surface area contributed by atoms with Gasteiger partial charge in [0.05, 0.1) is 18.3 Å². The molecule has 1 fully saturated rings. The van der Waals surface area contributed by atoms with Crippen LogP contribution in [0.2, 0.25) is 0 Å². The van der Waals surface area contributed by atoms with Crippen molar-refractivity contribution in [3.8, 4) is 0 Å². The number of primary sulfonamides is 1. The van der Waals surface area contributed by atoms with Gasteiger partial charge in [-0.3, -0.25) is 0 Å². The largest absolute Gasteiger partial charge is 0.445 e. The van der Waals surface area contributed by atoms with Gasteiger partial charge >= 0.3 is 6.09 Å². The molecule has 0 aliphatic carbocycles. The van der Waals surface area contributed by atoms with Crippen LogP contribution in [-0.2, 0) is 21.4 Å². The number of rotatable bonds is 4. The number of halogens is 1. The molecule has 0 radical (unpaired) electrons.